The molecule has 0 saturated carbocycles. The standard InChI is InChI=1S/C20H18FNO3/c1-12(2)16-9-13(7-8-18(16)24-3)10-17-20(23)25-19(22-17)14-5-4-6-15(21)11-14/h4-12H,1-3H3/b17-10+. The Hall–Kier alpha value is -2.95. The number of ether oxygens (including phenoxy) is 2. The van der Waals surface area contributed by atoms with Gasteiger partial charge in [0.05, 0.1) is 7.11 Å². The molecule has 128 valence electrons. The van der Waals surface area contributed by atoms with Crippen molar-refractivity contribution in [2.75, 3.05) is 7.11 Å². The van der Waals surface area contributed by atoms with Crippen LogP contribution in [0.5, 0.6) is 5.75 Å². The number of hydrogen-bond acceptors (Lipinski definition) is 4. The number of hydrogen-bond donors (Lipinski definition) is 0. The Morgan fingerprint density at radius 1 is 1.20 bits per heavy atom. The molecule has 2 aromatic carbocycles. The molecule has 1 aliphatic heterocycles. The molecular weight excluding hydrogens is 321 g/mol. The van der Waals surface area contributed by atoms with Crippen LogP contribution in [0.3, 0.4) is 0 Å². The topological polar surface area (TPSA) is 47.9 Å². The molecule has 0 saturated heterocycles. The number of rotatable bonds is 4. The number of benzene rings is 2. The summed E-state index contributed by atoms with van der Waals surface area (Å²) in [4.78, 5) is 16.3. The van der Waals surface area contributed by atoms with Gasteiger partial charge >= 0.3 is 5.97 Å². The normalized spacial score (nSPS) is 15.5. The van der Waals surface area contributed by atoms with Crippen LogP contribution in [-0.4, -0.2) is 19.0 Å². The maximum absolute atomic E-state index is 13.3. The molecule has 25 heavy (non-hydrogen) atoms. The molecule has 0 radical (unpaired) electrons. The Morgan fingerprint density at radius 2 is 2.00 bits per heavy atom. The minimum absolute atomic E-state index is 0.105. The fourth-order valence-corrected chi connectivity index (χ4v) is 2.61. The zero-order chi connectivity index (χ0) is 18.0. The first-order valence-corrected chi connectivity index (χ1v) is 7.94. The lowest BCUT2D eigenvalue weighted by Gasteiger charge is -2.12. The number of methoxy groups -OCH3 is 1. The molecule has 0 spiro atoms. The van der Waals surface area contributed by atoms with Crippen molar-refractivity contribution in [1.29, 1.82) is 0 Å². The smallest absolute Gasteiger partial charge is 0.363 e. The predicted molar refractivity (Wildman–Crippen MR) is 94.1 cm³/mol. The van der Waals surface area contributed by atoms with Crippen molar-refractivity contribution >= 4 is 17.9 Å². The molecule has 0 aliphatic carbocycles. The monoisotopic (exact) mass is 339 g/mol. The average molecular weight is 339 g/mol. The molecule has 1 heterocycles. The lowest BCUT2D eigenvalue weighted by molar-refractivity contribution is -0.129. The van der Waals surface area contributed by atoms with E-state index in [1.165, 1.54) is 12.1 Å². The summed E-state index contributed by atoms with van der Waals surface area (Å²) < 4.78 is 23.9. The maximum Gasteiger partial charge on any atom is 0.363 e. The third kappa shape index (κ3) is 3.60. The van der Waals surface area contributed by atoms with Crippen molar-refractivity contribution in [2.45, 2.75) is 19.8 Å². The molecule has 0 bridgehead atoms. The van der Waals surface area contributed by atoms with Crippen molar-refractivity contribution in [3.05, 3.63) is 70.7 Å². The van der Waals surface area contributed by atoms with Crippen LogP contribution in [0.15, 0.2) is 53.2 Å². The van der Waals surface area contributed by atoms with E-state index in [4.69, 9.17) is 9.47 Å². The molecule has 4 nitrogen and oxygen atoms in total. The predicted octanol–water partition coefficient (Wildman–Crippen LogP) is 4.30. The lowest BCUT2D eigenvalue weighted by atomic mass is 9.99. The quantitative estimate of drug-likeness (QED) is 0.616. The van der Waals surface area contributed by atoms with E-state index in [1.54, 1.807) is 25.3 Å². The third-order valence-corrected chi connectivity index (χ3v) is 3.87. The number of aliphatic imine (C=N–C) groups is 1. The number of cyclic esters (lactones) is 1. The molecule has 0 unspecified atom stereocenters. The van der Waals surface area contributed by atoms with Crippen molar-refractivity contribution in [2.24, 2.45) is 4.99 Å². The van der Waals surface area contributed by atoms with Crippen LogP contribution in [0.25, 0.3) is 6.08 Å². The van der Waals surface area contributed by atoms with Gasteiger partial charge in [0.25, 0.3) is 0 Å². The molecule has 3 rings (SSSR count). The molecule has 1 aliphatic rings. The van der Waals surface area contributed by atoms with Crippen LogP contribution in [0.2, 0.25) is 0 Å². The minimum Gasteiger partial charge on any atom is -0.496 e. The van der Waals surface area contributed by atoms with Crippen molar-refractivity contribution in [3.63, 3.8) is 0 Å². The van der Waals surface area contributed by atoms with Crippen molar-refractivity contribution < 1.29 is 18.7 Å². The second-order valence-electron chi connectivity index (χ2n) is 6.00. The van der Waals surface area contributed by atoms with Gasteiger partial charge in [-0.05, 0) is 53.5 Å². The van der Waals surface area contributed by atoms with Crippen LogP contribution in [-0.2, 0) is 9.53 Å². The highest BCUT2D eigenvalue weighted by Gasteiger charge is 2.24. The second kappa shape index (κ2) is 6.89. The molecule has 0 atom stereocenters. The number of nitrogens with zero attached hydrogens (tertiary/aromatic N) is 1. The van der Waals surface area contributed by atoms with Crippen molar-refractivity contribution in [3.8, 4) is 5.75 Å². The minimum atomic E-state index is -0.554. The summed E-state index contributed by atoms with van der Waals surface area (Å²) in [6.07, 6.45) is 1.65. The van der Waals surface area contributed by atoms with E-state index >= 15 is 0 Å². The lowest BCUT2D eigenvalue weighted by Crippen LogP contribution is -2.05. The summed E-state index contributed by atoms with van der Waals surface area (Å²) in [7, 11) is 1.63. The van der Waals surface area contributed by atoms with Gasteiger partial charge in [-0.25, -0.2) is 14.2 Å². The van der Waals surface area contributed by atoms with Crippen LogP contribution in [0.1, 0.15) is 36.5 Å². The SMILES string of the molecule is COc1ccc(/C=C2/N=C(c3cccc(F)c3)OC2=O)cc1C(C)C. The first-order chi connectivity index (χ1) is 12.0. The van der Waals surface area contributed by atoms with Crippen LogP contribution >= 0.6 is 0 Å². The zero-order valence-electron chi connectivity index (χ0n) is 14.2. The Balaban J connectivity index is 1.96. The fourth-order valence-electron chi connectivity index (χ4n) is 2.61. The first-order valence-electron chi connectivity index (χ1n) is 7.94. The van der Waals surface area contributed by atoms with E-state index in [-0.39, 0.29) is 17.5 Å². The second-order valence-corrected chi connectivity index (χ2v) is 6.00. The number of esters is 1. The van der Waals surface area contributed by atoms with E-state index in [9.17, 15) is 9.18 Å². The van der Waals surface area contributed by atoms with Crippen LogP contribution < -0.4 is 4.74 Å². The summed E-state index contributed by atoms with van der Waals surface area (Å²) in [6, 6.07) is 11.4. The van der Waals surface area contributed by atoms with Gasteiger partial charge in [0.2, 0.25) is 5.90 Å². The fraction of sp³-hybridized carbons (Fsp3) is 0.200. The molecule has 5 heteroatoms. The Kier molecular flexibility index (Phi) is 4.65. The number of carbonyl (C=O) groups is 1. The van der Waals surface area contributed by atoms with E-state index in [0.717, 1.165) is 16.9 Å². The van der Waals surface area contributed by atoms with Gasteiger partial charge in [-0.3, -0.25) is 0 Å². The van der Waals surface area contributed by atoms with E-state index in [2.05, 4.69) is 18.8 Å². The first kappa shape index (κ1) is 16.9. The molecule has 0 N–H and O–H groups in total. The van der Waals surface area contributed by atoms with E-state index in [0.29, 0.717) is 5.56 Å². The average Bonchev–Trinajstić information content (AvgIpc) is 2.95. The van der Waals surface area contributed by atoms with Gasteiger partial charge < -0.3 is 9.47 Å². The zero-order valence-corrected chi connectivity index (χ0v) is 14.2. The molecule has 0 aromatic heterocycles. The van der Waals surface area contributed by atoms with E-state index in [1.807, 2.05) is 18.2 Å². The van der Waals surface area contributed by atoms with E-state index < -0.39 is 11.8 Å². The van der Waals surface area contributed by atoms with Gasteiger partial charge in [-0.1, -0.05) is 26.0 Å². The summed E-state index contributed by atoms with van der Waals surface area (Å²) in [5.74, 6) is 0.213. The Labute approximate surface area is 145 Å². The summed E-state index contributed by atoms with van der Waals surface area (Å²) in [5.41, 5.74) is 2.46. The van der Waals surface area contributed by atoms with Gasteiger partial charge in [-0.15, -0.1) is 0 Å². The molecule has 0 amide bonds. The third-order valence-electron chi connectivity index (χ3n) is 3.87. The summed E-state index contributed by atoms with van der Waals surface area (Å²) >= 11 is 0. The molecule has 0 fully saturated rings. The molecular formula is C20H18FNO3. The van der Waals surface area contributed by atoms with Crippen LogP contribution in [0, 0.1) is 5.82 Å². The Morgan fingerprint density at radius 3 is 2.68 bits per heavy atom. The molecule has 2 aromatic rings. The highest BCUT2D eigenvalue weighted by molar-refractivity contribution is 6.12. The Bertz CT molecular complexity index is 884. The van der Waals surface area contributed by atoms with Gasteiger partial charge in [0.1, 0.15) is 11.6 Å². The number of carbonyl (C=O) groups excluding carboxylic acids is 1. The van der Waals surface area contributed by atoms with Gasteiger partial charge in [0, 0.05) is 5.56 Å². The van der Waals surface area contributed by atoms with Crippen molar-refractivity contribution in [1.82, 2.24) is 0 Å². The van der Waals surface area contributed by atoms with Gasteiger partial charge in [-0.2, -0.15) is 0 Å². The largest absolute Gasteiger partial charge is 0.496 e. The summed E-state index contributed by atoms with van der Waals surface area (Å²) in [5, 5.41) is 0. The highest BCUT2D eigenvalue weighted by Crippen LogP contribution is 2.29. The highest BCUT2D eigenvalue weighted by atomic mass is 19.1. The van der Waals surface area contributed by atoms with Gasteiger partial charge in [0.15, 0.2) is 5.70 Å². The number of halogens is 1. The summed E-state index contributed by atoms with van der Waals surface area (Å²) in [6.45, 7) is 4.14. The van der Waals surface area contributed by atoms with Crippen LogP contribution in [0.4, 0.5) is 4.39 Å². The maximum atomic E-state index is 13.3.